The molecule has 1 saturated heterocycles. The third-order valence-corrected chi connectivity index (χ3v) is 7.54. The van der Waals surface area contributed by atoms with Gasteiger partial charge in [0.05, 0.1) is 16.3 Å². The second-order valence-corrected chi connectivity index (χ2v) is 9.84. The van der Waals surface area contributed by atoms with Crippen molar-refractivity contribution in [2.24, 2.45) is 0 Å². The van der Waals surface area contributed by atoms with Gasteiger partial charge in [0.2, 0.25) is 0 Å². The quantitative estimate of drug-likeness (QED) is 0.672. The van der Waals surface area contributed by atoms with Crippen LogP contribution in [0, 0.1) is 6.92 Å². The highest BCUT2D eigenvalue weighted by Gasteiger charge is 2.21. The van der Waals surface area contributed by atoms with E-state index in [0.717, 1.165) is 59.0 Å². The molecular weight excluding hydrogens is 392 g/mol. The number of aryl methyl sites for hydroxylation is 1. The normalized spacial score (nSPS) is 21.4. The highest BCUT2D eigenvalue weighted by atomic mass is 32.2. The maximum absolute atomic E-state index is 12.7. The van der Waals surface area contributed by atoms with Crippen LogP contribution < -0.4 is 15.5 Å². The number of nitrogens with one attached hydrogen (secondary N) is 2. The van der Waals surface area contributed by atoms with Crippen molar-refractivity contribution in [3.8, 4) is 0 Å². The molecule has 0 bridgehead atoms. The summed E-state index contributed by atoms with van der Waals surface area (Å²) in [6.07, 6.45) is 2.47. The molecule has 0 radical (unpaired) electrons. The lowest BCUT2D eigenvalue weighted by Crippen LogP contribution is -2.29. The smallest absolute Gasteiger partial charge is 0.131 e. The van der Waals surface area contributed by atoms with Crippen LogP contribution in [0.2, 0.25) is 0 Å². The van der Waals surface area contributed by atoms with Gasteiger partial charge in [-0.15, -0.1) is 0 Å². The fourth-order valence-electron chi connectivity index (χ4n) is 4.44. The molecule has 5 rings (SSSR count). The predicted molar refractivity (Wildman–Crippen MR) is 125 cm³/mol. The fourth-order valence-corrected chi connectivity index (χ4v) is 5.70. The lowest BCUT2D eigenvalue weighted by molar-refractivity contribution is 0.634. The first-order valence-corrected chi connectivity index (χ1v) is 12.1. The molecule has 1 aromatic heterocycles. The largest absolute Gasteiger partial charge is 0.383 e. The molecule has 2 aliphatic rings. The lowest BCUT2D eigenvalue weighted by Gasteiger charge is -2.24. The molecule has 2 atom stereocenters. The molecule has 2 N–H and O–H groups in total. The van der Waals surface area contributed by atoms with Crippen molar-refractivity contribution < 1.29 is 4.21 Å². The molecule has 1 fully saturated rings. The van der Waals surface area contributed by atoms with Gasteiger partial charge in [0.25, 0.3) is 0 Å². The zero-order chi connectivity index (χ0) is 20.5. The van der Waals surface area contributed by atoms with Crippen molar-refractivity contribution in [2.75, 3.05) is 35.6 Å². The van der Waals surface area contributed by atoms with Crippen LogP contribution in [0.5, 0.6) is 0 Å². The number of anilines is 2. The van der Waals surface area contributed by atoms with Gasteiger partial charge in [0.15, 0.2) is 0 Å². The number of benzene rings is 2. The molecule has 2 aromatic carbocycles. The van der Waals surface area contributed by atoms with E-state index in [1.807, 2.05) is 18.2 Å². The molecule has 3 heterocycles. The third-order valence-electron chi connectivity index (χ3n) is 6.10. The summed E-state index contributed by atoms with van der Waals surface area (Å²) < 4.78 is 12.7. The summed E-state index contributed by atoms with van der Waals surface area (Å²) in [4.78, 5) is 8.22. The Balaban J connectivity index is 1.51. The van der Waals surface area contributed by atoms with Gasteiger partial charge in [-0.2, -0.15) is 0 Å². The molecular formula is C24H28N4OS. The van der Waals surface area contributed by atoms with Crippen LogP contribution >= 0.6 is 0 Å². The number of aromatic nitrogens is 1. The van der Waals surface area contributed by atoms with Crippen LogP contribution in [0.1, 0.15) is 24.0 Å². The summed E-state index contributed by atoms with van der Waals surface area (Å²) in [5.74, 6) is 1.57. The molecule has 5 nitrogen and oxygen atoms in total. The van der Waals surface area contributed by atoms with E-state index in [1.54, 1.807) is 0 Å². The van der Waals surface area contributed by atoms with Crippen LogP contribution in [0.3, 0.4) is 0 Å². The minimum atomic E-state index is -0.961. The summed E-state index contributed by atoms with van der Waals surface area (Å²) in [6.45, 7) is 5.61. The SMILES string of the molecule is Cc1ccc2nc(N3CCS(=O)c4ccccc4C3)cc(NCC3CCCN3)c2c1. The molecule has 2 aliphatic heterocycles. The molecule has 156 valence electrons. The van der Waals surface area contributed by atoms with Gasteiger partial charge in [-0.3, -0.25) is 4.21 Å². The minimum Gasteiger partial charge on any atom is -0.383 e. The Kier molecular flexibility index (Phi) is 5.44. The maximum Gasteiger partial charge on any atom is 0.131 e. The van der Waals surface area contributed by atoms with Crippen LogP contribution in [0.15, 0.2) is 53.4 Å². The van der Waals surface area contributed by atoms with Crippen LogP contribution in [0.4, 0.5) is 11.5 Å². The molecule has 0 amide bonds. The number of rotatable bonds is 4. The number of hydrogen-bond acceptors (Lipinski definition) is 5. The summed E-state index contributed by atoms with van der Waals surface area (Å²) in [5.41, 5.74) is 4.49. The first kappa shape index (κ1) is 19.5. The van der Waals surface area contributed by atoms with E-state index in [1.165, 1.54) is 18.4 Å². The van der Waals surface area contributed by atoms with Gasteiger partial charge in [0, 0.05) is 53.5 Å². The number of pyridine rings is 1. The molecule has 30 heavy (non-hydrogen) atoms. The number of nitrogens with zero attached hydrogens (tertiary/aromatic N) is 2. The van der Waals surface area contributed by atoms with Crippen LogP contribution in [0.25, 0.3) is 10.9 Å². The first-order chi connectivity index (χ1) is 14.7. The standard InChI is InChI=1S/C24H28N4OS/c1-17-8-9-21-20(13-17)22(26-15-19-6-4-10-25-19)14-24(27-21)28-11-12-30(29)23-7-3-2-5-18(23)16-28/h2-3,5,7-9,13-14,19,25H,4,6,10-12,15-16H2,1H3,(H,26,27). The van der Waals surface area contributed by atoms with Gasteiger partial charge >= 0.3 is 0 Å². The van der Waals surface area contributed by atoms with E-state index >= 15 is 0 Å². The Morgan fingerprint density at radius 1 is 1.23 bits per heavy atom. The van der Waals surface area contributed by atoms with Gasteiger partial charge in [-0.05, 0) is 50.1 Å². The van der Waals surface area contributed by atoms with Gasteiger partial charge in [-0.1, -0.05) is 29.8 Å². The number of fused-ring (bicyclic) bond motifs is 2. The molecule has 3 aromatic rings. The monoisotopic (exact) mass is 420 g/mol. The Labute approximate surface area is 180 Å². The van der Waals surface area contributed by atoms with E-state index < -0.39 is 10.8 Å². The highest BCUT2D eigenvalue weighted by molar-refractivity contribution is 7.85. The maximum atomic E-state index is 12.7. The molecule has 2 unspecified atom stereocenters. The minimum absolute atomic E-state index is 0.522. The summed E-state index contributed by atoms with van der Waals surface area (Å²) in [5, 5.41) is 8.42. The van der Waals surface area contributed by atoms with Crippen LogP contribution in [-0.2, 0) is 17.3 Å². The van der Waals surface area contributed by atoms with Gasteiger partial charge in [0.1, 0.15) is 5.82 Å². The van der Waals surface area contributed by atoms with Crippen molar-refractivity contribution >= 4 is 33.2 Å². The van der Waals surface area contributed by atoms with E-state index in [0.29, 0.717) is 11.8 Å². The lowest BCUT2D eigenvalue weighted by atomic mass is 10.1. The molecule has 0 aliphatic carbocycles. The van der Waals surface area contributed by atoms with Crippen LogP contribution in [-0.4, -0.2) is 40.6 Å². The second kappa shape index (κ2) is 8.36. The summed E-state index contributed by atoms with van der Waals surface area (Å²) >= 11 is 0. The zero-order valence-electron chi connectivity index (χ0n) is 17.4. The van der Waals surface area contributed by atoms with Crippen molar-refractivity contribution in [2.45, 2.75) is 37.2 Å². The van der Waals surface area contributed by atoms with E-state index in [4.69, 9.17) is 4.98 Å². The average Bonchev–Trinajstić information content (AvgIpc) is 3.22. The molecule has 0 saturated carbocycles. The molecule has 6 heteroatoms. The van der Waals surface area contributed by atoms with Crippen molar-refractivity contribution in [3.05, 3.63) is 59.7 Å². The Morgan fingerprint density at radius 2 is 2.13 bits per heavy atom. The van der Waals surface area contributed by atoms with Gasteiger partial charge < -0.3 is 15.5 Å². The summed E-state index contributed by atoms with van der Waals surface area (Å²) in [6, 6.07) is 17.2. The fraction of sp³-hybridized carbons (Fsp3) is 0.375. The van der Waals surface area contributed by atoms with Gasteiger partial charge in [-0.25, -0.2) is 4.98 Å². The highest BCUT2D eigenvalue weighted by Crippen LogP contribution is 2.30. The van der Waals surface area contributed by atoms with E-state index in [9.17, 15) is 4.21 Å². The van der Waals surface area contributed by atoms with Crippen molar-refractivity contribution in [1.82, 2.24) is 10.3 Å². The van der Waals surface area contributed by atoms with Crippen molar-refractivity contribution in [1.29, 1.82) is 0 Å². The van der Waals surface area contributed by atoms with E-state index in [2.05, 4.69) is 52.8 Å². The predicted octanol–water partition coefficient (Wildman–Crippen LogP) is 3.83. The summed E-state index contributed by atoms with van der Waals surface area (Å²) in [7, 11) is -0.961. The number of hydrogen-bond donors (Lipinski definition) is 2. The zero-order valence-corrected chi connectivity index (χ0v) is 18.2. The second-order valence-electron chi connectivity index (χ2n) is 8.30. The van der Waals surface area contributed by atoms with E-state index in [-0.39, 0.29) is 0 Å². The van der Waals surface area contributed by atoms with Crippen molar-refractivity contribution in [3.63, 3.8) is 0 Å². The Hall–Kier alpha value is -2.44. The Bertz CT molecular complexity index is 1090. The Morgan fingerprint density at radius 3 is 3.00 bits per heavy atom. The first-order valence-electron chi connectivity index (χ1n) is 10.8. The topological polar surface area (TPSA) is 57.3 Å². The average molecular weight is 421 g/mol. The third kappa shape index (κ3) is 3.94. The molecule has 0 spiro atoms.